The number of ether oxygens (including phenoxy) is 1. The second-order valence-corrected chi connectivity index (χ2v) is 7.27. The van der Waals surface area contributed by atoms with Crippen LogP contribution in [0.2, 0.25) is 5.02 Å². The van der Waals surface area contributed by atoms with E-state index in [1.165, 1.54) is 0 Å². The van der Waals surface area contributed by atoms with Gasteiger partial charge in [0, 0.05) is 10.6 Å². The first-order chi connectivity index (χ1) is 12.5. The standard InChI is InChI=1S/C20H22ClNO3S/c1-14-5-3-4-6-16(14)13-25-20(24)18(11-12-26-2)22-19(23)15-7-9-17(21)10-8-15/h3-10,18H,11-13H2,1-2H3,(H,22,23)/t18-/m0/s1. The second kappa shape index (κ2) is 10.2. The van der Waals surface area contributed by atoms with Crippen LogP contribution in [0.4, 0.5) is 0 Å². The molecule has 1 N–H and O–H groups in total. The van der Waals surface area contributed by atoms with Crippen molar-refractivity contribution in [1.29, 1.82) is 0 Å². The topological polar surface area (TPSA) is 55.4 Å². The number of rotatable bonds is 8. The van der Waals surface area contributed by atoms with E-state index in [-0.39, 0.29) is 12.5 Å². The molecular formula is C20H22ClNO3S. The minimum Gasteiger partial charge on any atom is -0.459 e. The Kier molecular flexibility index (Phi) is 8.01. The number of hydrogen-bond acceptors (Lipinski definition) is 4. The molecule has 2 rings (SSSR count). The van der Waals surface area contributed by atoms with Gasteiger partial charge >= 0.3 is 5.97 Å². The Morgan fingerprint density at radius 2 is 1.85 bits per heavy atom. The van der Waals surface area contributed by atoms with Crippen molar-refractivity contribution in [3.05, 3.63) is 70.2 Å². The molecule has 26 heavy (non-hydrogen) atoms. The lowest BCUT2D eigenvalue weighted by Gasteiger charge is -2.18. The van der Waals surface area contributed by atoms with Crippen LogP contribution in [0.15, 0.2) is 48.5 Å². The molecule has 0 heterocycles. The van der Waals surface area contributed by atoms with Crippen molar-refractivity contribution in [1.82, 2.24) is 5.32 Å². The summed E-state index contributed by atoms with van der Waals surface area (Å²) in [5.41, 5.74) is 2.47. The van der Waals surface area contributed by atoms with E-state index in [2.05, 4.69) is 5.32 Å². The van der Waals surface area contributed by atoms with E-state index < -0.39 is 12.0 Å². The van der Waals surface area contributed by atoms with Crippen molar-refractivity contribution in [3.8, 4) is 0 Å². The first-order valence-electron chi connectivity index (χ1n) is 8.27. The average Bonchev–Trinajstić information content (AvgIpc) is 2.64. The third-order valence-corrected chi connectivity index (χ3v) is 4.83. The number of hydrogen-bond donors (Lipinski definition) is 1. The SMILES string of the molecule is CSCC[C@H](NC(=O)c1ccc(Cl)cc1)C(=O)OCc1ccccc1C. The summed E-state index contributed by atoms with van der Waals surface area (Å²) in [5, 5.41) is 3.32. The molecule has 0 aliphatic carbocycles. The molecule has 1 atom stereocenters. The van der Waals surface area contributed by atoms with E-state index in [1.807, 2.05) is 37.4 Å². The van der Waals surface area contributed by atoms with E-state index in [4.69, 9.17) is 16.3 Å². The summed E-state index contributed by atoms with van der Waals surface area (Å²) in [7, 11) is 0. The molecule has 0 aliphatic rings. The van der Waals surface area contributed by atoms with Crippen LogP contribution in [-0.4, -0.2) is 29.9 Å². The largest absolute Gasteiger partial charge is 0.459 e. The molecule has 0 saturated heterocycles. The number of halogens is 1. The van der Waals surface area contributed by atoms with Gasteiger partial charge in [0.1, 0.15) is 12.6 Å². The molecule has 2 aromatic carbocycles. The smallest absolute Gasteiger partial charge is 0.329 e. The van der Waals surface area contributed by atoms with E-state index in [1.54, 1.807) is 36.0 Å². The van der Waals surface area contributed by atoms with E-state index >= 15 is 0 Å². The number of esters is 1. The number of carbonyl (C=O) groups excluding carboxylic acids is 2. The normalized spacial score (nSPS) is 11.7. The number of carbonyl (C=O) groups is 2. The second-order valence-electron chi connectivity index (χ2n) is 5.85. The van der Waals surface area contributed by atoms with Gasteiger partial charge in [0.15, 0.2) is 0 Å². The van der Waals surface area contributed by atoms with E-state index in [9.17, 15) is 9.59 Å². The lowest BCUT2D eigenvalue weighted by atomic mass is 10.1. The minimum atomic E-state index is -0.686. The third kappa shape index (κ3) is 6.07. The van der Waals surface area contributed by atoms with Gasteiger partial charge in [-0.3, -0.25) is 4.79 Å². The van der Waals surface area contributed by atoms with Gasteiger partial charge in [0.05, 0.1) is 0 Å². The van der Waals surface area contributed by atoms with Crippen LogP contribution in [0.5, 0.6) is 0 Å². The Balaban J connectivity index is 2.00. The van der Waals surface area contributed by atoms with Crippen molar-refractivity contribution in [2.24, 2.45) is 0 Å². The van der Waals surface area contributed by atoms with Gasteiger partial charge in [-0.1, -0.05) is 35.9 Å². The quantitative estimate of drug-likeness (QED) is 0.683. The van der Waals surface area contributed by atoms with Crippen LogP contribution >= 0.6 is 23.4 Å². The Morgan fingerprint density at radius 1 is 1.15 bits per heavy atom. The summed E-state index contributed by atoms with van der Waals surface area (Å²) in [6.07, 6.45) is 2.46. The van der Waals surface area contributed by atoms with Gasteiger partial charge in [0.2, 0.25) is 0 Å². The van der Waals surface area contributed by atoms with E-state index in [0.717, 1.165) is 16.9 Å². The van der Waals surface area contributed by atoms with Gasteiger partial charge in [0.25, 0.3) is 5.91 Å². The van der Waals surface area contributed by atoms with Crippen LogP contribution in [0, 0.1) is 6.92 Å². The van der Waals surface area contributed by atoms with Crippen molar-refractivity contribution < 1.29 is 14.3 Å². The lowest BCUT2D eigenvalue weighted by Crippen LogP contribution is -2.42. The maximum Gasteiger partial charge on any atom is 0.329 e. The average molecular weight is 392 g/mol. The number of aryl methyl sites for hydroxylation is 1. The van der Waals surface area contributed by atoms with Crippen LogP contribution in [0.25, 0.3) is 0 Å². The van der Waals surface area contributed by atoms with Crippen LogP contribution in [0.3, 0.4) is 0 Å². The van der Waals surface area contributed by atoms with Gasteiger partial charge in [-0.15, -0.1) is 0 Å². The number of amides is 1. The highest BCUT2D eigenvalue weighted by Crippen LogP contribution is 2.12. The maximum absolute atomic E-state index is 12.5. The van der Waals surface area contributed by atoms with Gasteiger partial charge in [-0.25, -0.2) is 4.79 Å². The highest BCUT2D eigenvalue weighted by molar-refractivity contribution is 7.98. The van der Waals surface area contributed by atoms with Gasteiger partial charge in [-0.2, -0.15) is 11.8 Å². The van der Waals surface area contributed by atoms with Crippen molar-refractivity contribution >= 4 is 35.2 Å². The molecular weight excluding hydrogens is 370 g/mol. The highest BCUT2D eigenvalue weighted by Gasteiger charge is 2.22. The van der Waals surface area contributed by atoms with Crippen molar-refractivity contribution in [2.45, 2.75) is 26.0 Å². The van der Waals surface area contributed by atoms with Crippen LogP contribution in [0.1, 0.15) is 27.9 Å². The number of thioether (sulfide) groups is 1. The molecule has 1 amide bonds. The number of nitrogens with one attached hydrogen (secondary N) is 1. The van der Waals surface area contributed by atoms with E-state index in [0.29, 0.717) is 17.0 Å². The van der Waals surface area contributed by atoms with Gasteiger partial charge in [-0.05, 0) is 60.7 Å². The molecule has 0 bridgehead atoms. The fourth-order valence-electron chi connectivity index (χ4n) is 2.35. The fourth-order valence-corrected chi connectivity index (χ4v) is 2.95. The summed E-state index contributed by atoms with van der Waals surface area (Å²) in [5.74, 6) is -0.00406. The molecule has 0 spiro atoms. The molecule has 2 aromatic rings. The number of benzene rings is 2. The third-order valence-electron chi connectivity index (χ3n) is 3.94. The summed E-state index contributed by atoms with van der Waals surface area (Å²) in [6.45, 7) is 2.16. The van der Waals surface area contributed by atoms with Gasteiger partial charge < -0.3 is 10.1 Å². The molecule has 0 radical (unpaired) electrons. The van der Waals surface area contributed by atoms with Crippen LogP contribution in [-0.2, 0) is 16.1 Å². The molecule has 0 fully saturated rings. The Labute approximate surface area is 163 Å². The summed E-state index contributed by atoms with van der Waals surface area (Å²) in [6, 6.07) is 13.6. The summed E-state index contributed by atoms with van der Waals surface area (Å²) >= 11 is 7.46. The highest BCUT2D eigenvalue weighted by atomic mass is 35.5. The molecule has 0 aliphatic heterocycles. The van der Waals surface area contributed by atoms with Crippen LogP contribution < -0.4 is 5.32 Å². The fraction of sp³-hybridized carbons (Fsp3) is 0.300. The Morgan fingerprint density at radius 3 is 2.50 bits per heavy atom. The zero-order chi connectivity index (χ0) is 18.9. The molecule has 0 aromatic heterocycles. The Hall–Kier alpha value is -1.98. The monoisotopic (exact) mass is 391 g/mol. The molecule has 0 saturated carbocycles. The predicted molar refractivity (Wildman–Crippen MR) is 107 cm³/mol. The first kappa shape index (κ1) is 20.3. The predicted octanol–water partition coefficient (Wildman–Crippen LogP) is 4.24. The first-order valence-corrected chi connectivity index (χ1v) is 10.0. The lowest BCUT2D eigenvalue weighted by molar-refractivity contribution is -0.147. The molecule has 138 valence electrons. The molecule has 0 unspecified atom stereocenters. The minimum absolute atomic E-state index is 0.193. The zero-order valence-corrected chi connectivity index (χ0v) is 16.4. The maximum atomic E-state index is 12.5. The summed E-state index contributed by atoms with van der Waals surface area (Å²) in [4.78, 5) is 24.9. The zero-order valence-electron chi connectivity index (χ0n) is 14.8. The summed E-state index contributed by atoms with van der Waals surface area (Å²) < 4.78 is 5.44. The molecule has 6 heteroatoms. The van der Waals surface area contributed by atoms with Crippen molar-refractivity contribution in [2.75, 3.05) is 12.0 Å². The molecule has 4 nitrogen and oxygen atoms in total. The van der Waals surface area contributed by atoms with Crippen molar-refractivity contribution in [3.63, 3.8) is 0 Å². The Bertz CT molecular complexity index is 749.